The number of nitrogens with zero attached hydrogens (tertiary/aromatic N) is 3. The van der Waals surface area contributed by atoms with Crippen molar-refractivity contribution >= 4 is 17.6 Å². The van der Waals surface area contributed by atoms with Gasteiger partial charge in [0.25, 0.3) is 0 Å². The molecule has 1 aliphatic rings. The van der Waals surface area contributed by atoms with Crippen molar-refractivity contribution in [3.63, 3.8) is 0 Å². The number of hydrogen-bond acceptors (Lipinski definition) is 3. The number of amides is 2. The van der Waals surface area contributed by atoms with Crippen molar-refractivity contribution < 1.29 is 9.59 Å². The zero-order valence-corrected chi connectivity index (χ0v) is 20.3. The fourth-order valence-electron chi connectivity index (χ4n) is 4.34. The summed E-state index contributed by atoms with van der Waals surface area (Å²) in [4.78, 5) is 27.3. The normalized spacial score (nSPS) is 14.5. The SMILES string of the molecule is CCN(CC(=O)Nc1cc(C(C)(C)C)nn1-c1ccccc1C)C(=O)CCC1CCCC1. The minimum absolute atomic E-state index is 0.0593. The number of carbonyl (C=O) groups excluding carboxylic acids is 2. The summed E-state index contributed by atoms with van der Waals surface area (Å²) in [6.45, 7) is 10.9. The first kappa shape index (κ1) is 24.0. The van der Waals surface area contributed by atoms with Gasteiger partial charge >= 0.3 is 0 Å². The number of para-hydroxylation sites is 1. The molecular formula is C26H38N4O2. The number of nitrogens with one attached hydrogen (secondary N) is 1. The van der Waals surface area contributed by atoms with E-state index < -0.39 is 0 Å². The van der Waals surface area contributed by atoms with Gasteiger partial charge in [0.1, 0.15) is 5.82 Å². The van der Waals surface area contributed by atoms with Crippen LogP contribution in [-0.4, -0.2) is 39.6 Å². The lowest BCUT2D eigenvalue weighted by Crippen LogP contribution is -2.38. The maximum atomic E-state index is 12.9. The fraction of sp³-hybridized carbons (Fsp3) is 0.577. The molecule has 32 heavy (non-hydrogen) atoms. The summed E-state index contributed by atoms with van der Waals surface area (Å²) in [5, 5.41) is 7.81. The van der Waals surface area contributed by atoms with Crippen molar-refractivity contribution in [3.05, 3.63) is 41.6 Å². The van der Waals surface area contributed by atoms with E-state index in [1.807, 2.05) is 44.2 Å². The fourth-order valence-corrected chi connectivity index (χ4v) is 4.34. The van der Waals surface area contributed by atoms with E-state index in [9.17, 15) is 9.59 Å². The van der Waals surface area contributed by atoms with Crippen LogP contribution in [-0.2, 0) is 15.0 Å². The van der Waals surface area contributed by atoms with E-state index in [1.54, 1.807) is 9.58 Å². The van der Waals surface area contributed by atoms with Crippen molar-refractivity contribution in [2.75, 3.05) is 18.4 Å². The Morgan fingerprint density at radius 3 is 2.50 bits per heavy atom. The predicted octanol–water partition coefficient (Wildman–Crippen LogP) is 5.24. The number of anilines is 1. The molecule has 0 atom stereocenters. The van der Waals surface area contributed by atoms with Gasteiger partial charge in [0, 0.05) is 24.4 Å². The zero-order chi connectivity index (χ0) is 23.3. The summed E-state index contributed by atoms with van der Waals surface area (Å²) in [7, 11) is 0. The smallest absolute Gasteiger partial charge is 0.245 e. The average Bonchev–Trinajstić information content (AvgIpc) is 3.40. The molecule has 1 saturated carbocycles. The summed E-state index contributed by atoms with van der Waals surface area (Å²) < 4.78 is 1.80. The van der Waals surface area contributed by atoms with E-state index in [1.165, 1.54) is 25.7 Å². The number of hydrogen-bond donors (Lipinski definition) is 1. The maximum absolute atomic E-state index is 12.9. The molecule has 6 nitrogen and oxygen atoms in total. The zero-order valence-electron chi connectivity index (χ0n) is 20.3. The average molecular weight is 439 g/mol. The van der Waals surface area contributed by atoms with Crippen LogP contribution in [0.25, 0.3) is 5.69 Å². The lowest BCUT2D eigenvalue weighted by molar-refractivity contribution is -0.134. The molecule has 1 heterocycles. The third kappa shape index (κ3) is 5.99. The Morgan fingerprint density at radius 1 is 1.19 bits per heavy atom. The van der Waals surface area contributed by atoms with Crippen molar-refractivity contribution in [1.82, 2.24) is 14.7 Å². The number of aryl methyl sites for hydroxylation is 1. The molecule has 174 valence electrons. The van der Waals surface area contributed by atoms with Crippen LogP contribution in [0.4, 0.5) is 5.82 Å². The van der Waals surface area contributed by atoms with Crippen LogP contribution < -0.4 is 5.32 Å². The molecule has 0 bridgehead atoms. The lowest BCUT2D eigenvalue weighted by atomic mass is 9.92. The minimum Gasteiger partial charge on any atom is -0.334 e. The second kappa shape index (κ2) is 10.3. The highest BCUT2D eigenvalue weighted by atomic mass is 16.2. The first-order valence-electron chi connectivity index (χ1n) is 11.9. The molecule has 1 N–H and O–H groups in total. The Hall–Kier alpha value is -2.63. The van der Waals surface area contributed by atoms with Crippen LogP contribution in [0.2, 0.25) is 0 Å². The standard InChI is InChI=1S/C26H38N4O2/c1-6-29(25(32)16-15-20-12-8-9-13-20)18-24(31)27-23-17-22(26(3,4)5)28-30(23)21-14-10-7-11-19(21)2/h7,10-11,14,17,20H,6,8-9,12-13,15-16,18H2,1-5H3,(H,27,31). The Kier molecular flexibility index (Phi) is 7.75. The van der Waals surface area contributed by atoms with Crippen molar-refractivity contribution in [2.24, 2.45) is 5.92 Å². The monoisotopic (exact) mass is 438 g/mol. The molecule has 0 spiro atoms. The second-order valence-corrected chi connectivity index (χ2v) is 10.0. The summed E-state index contributed by atoms with van der Waals surface area (Å²) in [5.41, 5.74) is 2.75. The Morgan fingerprint density at radius 2 is 1.88 bits per heavy atom. The molecule has 1 aromatic carbocycles. The first-order valence-corrected chi connectivity index (χ1v) is 11.9. The van der Waals surface area contributed by atoms with Gasteiger partial charge in [-0.2, -0.15) is 5.10 Å². The third-order valence-electron chi connectivity index (χ3n) is 6.40. The van der Waals surface area contributed by atoms with E-state index in [4.69, 9.17) is 5.10 Å². The van der Waals surface area contributed by atoms with Gasteiger partial charge in [-0.15, -0.1) is 0 Å². The number of rotatable bonds is 8. The summed E-state index contributed by atoms with van der Waals surface area (Å²) in [6.07, 6.45) is 6.50. The molecular weight excluding hydrogens is 400 g/mol. The molecule has 6 heteroatoms. The molecule has 0 aliphatic heterocycles. The number of aromatic nitrogens is 2. The van der Waals surface area contributed by atoms with Gasteiger partial charge in [0.15, 0.2) is 0 Å². The van der Waals surface area contributed by atoms with Crippen LogP contribution in [0.1, 0.15) is 77.5 Å². The largest absolute Gasteiger partial charge is 0.334 e. The quantitative estimate of drug-likeness (QED) is 0.613. The summed E-state index contributed by atoms with van der Waals surface area (Å²) in [5.74, 6) is 1.17. The van der Waals surface area contributed by atoms with Crippen LogP contribution >= 0.6 is 0 Å². The van der Waals surface area contributed by atoms with Gasteiger partial charge in [0.05, 0.1) is 17.9 Å². The Bertz CT molecular complexity index is 936. The van der Waals surface area contributed by atoms with Crippen LogP contribution in [0.3, 0.4) is 0 Å². The Labute approximate surface area is 192 Å². The predicted molar refractivity (Wildman–Crippen MR) is 129 cm³/mol. The summed E-state index contributed by atoms with van der Waals surface area (Å²) in [6, 6.07) is 9.91. The molecule has 1 aliphatic carbocycles. The van der Waals surface area contributed by atoms with Crippen molar-refractivity contribution in [2.45, 2.75) is 78.6 Å². The van der Waals surface area contributed by atoms with Gasteiger partial charge in [-0.25, -0.2) is 4.68 Å². The van der Waals surface area contributed by atoms with Crippen LogP contribution in [0.15, 0.2) is 30.3 Å². The summed E-state index contributed by atoms with van der Waals surface area (Å²) >= 11 is 0. The van der Waals surface area contributed by atoms with Crippen molar-refractivity contribution in [1.29, 1.82) is 0 Å². The van der Waals surface area contributed by atoms with Gasteiger partial charge in [-0.3, -0.25) is 9.59 Å². The van der Waals surface area contributed by atoms with E-state index in [0.717, 1.165) is 23.4 Å². The van der Waals surface area contributed by atoms with Gasteiger partial charge in [-0.05, 0) is 37.8 Å². The maximum Gasteiger partial charge on any atom is 0.245 e. The number of likely N-dealkylation sites (N-methyl/N-ethyl adjacent to an activating group) is 1. The van der Waals surface area contributed by atoms with Crippen LogP contribution in [0, 0.1) is 12.8 Å². The topological polar surface area (TPSA) is 67.2 Å². The number of benzene rings is 1. The van der Waals surface area contributed by atoms with E-state index in [-0.39, 0.29) is 23.8 Å². The van der Waals surface area contributed by atoms with Crippen LogP contribution in [0.5, 0.6) is 0 Å². The number of carbonyl (C=O) groups is 2. The molecule has 0 saturated heterocycles. The second-order valence-electron chi connectivity index (χ2n) is 10.0. The first-order chi connectivity index (χ1) is 15.2. The van der Waals surface area contributed by atoms with E-state index in [2.05, 4.69) is 26.1 Å². The highest BCUT2D eigenvalue weighted by molar-refractivity contribution is 5.94. The van der Waals surface area contributed by atoms with Gasteiger partial charge in [0.2, 0.25) is 11.8 Å². The molecule has 0 radical (unpaired) electrons. The molecule has 2 aromatic rings. The third-order valence-corrected chi connectivity index (χ3v) is 6.40. The lowest BCUT2D eigenvalue weighted by Gasteiger charge is -2.21. The molecule has 1 fully saturated rings. The van der Waals surface area contributed by atoms with E-state index in [0.29, 0.717) is 24.7 Å². The van der Waals surface area contributed by atoms with Crippen molar-refractivity contribution in [3.8, 4) is 5.69 Å². The molecule has 0 unspecified atom stereocenters. The Balaban J connectivity index is 1.72. The highest BCUT2D eigenvalue weighted by Crippen LogP contribution is 2.29. The molecule has 2 amide bonds. The highest BCUT2D eigenvalue weighted by Gasteiger charge is 2.24. The molecule has 3 rings (SSSR count). The van der Waals surface area contributed by atoms with Gasteiger partial charge < -0.3 is 10.2 Å². The minimum atomic E-state index is -0.198. The van der Waals surface area contributed by atoms with Gasteiger partial charge in [-0.1, -0.05) is 64.7 Å². The van der Waals surface area contributed by atoms with E-state index >= 15 is 0 Å². The molecule has 1 aromatic heterocycles.